The molecule has 98 valence electrons. The molecule has 3 rings (SSSR count). The Morgan fingerprint density at radius 2 is 2.05 bits per heavy atom. The van der Waals surface area contributed by atoms with Crippen LogP contribution in [0.25, 0.3) is 0 Å². The minimum absolute atomic E-state index is 0.128. The van der Waals surface area contributed by atoms with Crippen LogP contribution in [0.15, 0.2) is 35.3 Å². The lowest BCUT2D eigenvalue weighted by atomic mass is 10.3. The maximum atomic E-state index is 12.3. The van der Waals surface area contributed by atoms with E-state index in [0.717, 1.165) is 16.7 Å². The van der Waals surface area contributed by atoms with Crippen LogP contribution in [0.1, 0.15) is 6.42 Å². The molecule has 1 aromatic rings. The summed E-state index contributed by atoms with van der Waals surface area (Å²) in [4.78, 5) is 29.9. The van der Waals surface area contributed by atoms with Crippen LogP contribution >= 0.6 is 23.5 Å². The summed E-state index contributed by atoms with van der Waals surface area (Å²) in [7, 11) is 0. The molecule has 2 amide bonds. The highest BCUT2D eigenvalue weighted by atomic mass is 32.2. The molecule has 0 N–H and O–H groups in total. The van der Waals surface area contributed by atoms with E-state index >= 15 is 0 Å². The Labute approximate surface area is 119 Å². The number of aliphatic imine (C=N–C) groups is 1. The third-order valence-electron chi connectivity index (χ3n) is 2.92. The van der Waals surface area contributed by atoms with Crippen LogP contribution in [-0.2, 0) is 9.59 Å². The number of thioether (sulfide) groups is 2. The summed E-state index contributed by atoms with van der Waals surface area (Å²) in [6.07, 6.45) is 0.262. The molecule has 6 heteroatoms. The van der Waals surface area contributed by atoms with Gasteiger partial charge in [-0.15, -0.1) is 0 Å². The largest absolute Gasteiger partial charge is 0.274 e. The number of amides is 2. The van der Waals surface area contributed by atoms with Crippen molar-refractivity contribution in [2.45, 2.75) is 11.7 Å². The van der Waals surface area contributed by atoms with Crippen LogP contribution < -0.4 is 4.90 Å². The zero-order chi connectivity index (χ0) is 13.2. The number of anilines is 1. The topological polar surface area (TPSA) is 49.7 Å². The van der Waals surface area contributed by atoms with Gasteiger partial charge >= 0.3 is 0 Å². The predicted octanol–water partition coefficient (Wildman–Crippen LogP) is 2.15. The number of nitrogens with zero attached hydrogens (tertiary/aromatic N) is 2. The molecule has 0 spiro atoms. The Morgan fingerprint density at radius 3 is 2.74 bits per heavy atom. The average molecular weight is 292 g/mol. The average Bonchev–Trinajstić information content (AvgIpc) is 3.01. The summed E-state index contributed by atoms with van der Waals surface area (Å²) < 4.78 is 0.932. The number of benzene rings is 1. The molecule has 0 aliphatic carbocycles. The van der Waals surface area contributed by atoms with Crippen LogP contribution in [0.3, 0.4) is 0 Å². The first kappa shape index (κ1) is 12.7. The van der Waals surface area contributed by atoms with Gasteiger partial charge in [0.15, 0.2) is 0 Å². The van der Waals surface area contributed by atoms with E-state index < -0.39 is 0 Å². The molecule has 1 atom stereocenters. The maximum Gasteiger partial charge on any atom is 0.247 e. The van der Waals surface area contributed by atoms with E-state index in [9.17, 15) is 9.59 Å². The molecule has 0 unspecified atom stereocenters. The fraction of sp³-hybridized carbons (Fsp3) is 0.308. The van der Waals surface area contributed by atoms with E-state index in [1.165, 1.54) is 16.7 Å². The van der Waals surface area contributed by atoms with Crippen LogP contribution in [0.2, 0.25) is 0 Å². The Kier molecular flexibility index (Phi) is 3.61. The van der Waals surface area contributed by atoms with E-state index in [4.69, 9.17) is 0 Å². The summed E-state index contributed by atoms with van der Waals surface area (Å²) in [5.74, 6) is 0.716. The lowest BCUT2D eigenvalue weighted by molar-refractivity contribution is -0.121. The zero-order valence-corrected chi connectivity index (χ0v) is 11.7. The van der Waals surface area contributed by atoms with Crippen molar-refractivity contribution >= 4 is 45.4 Å². The molecule has 2 aliphatic rings. The molecule has 1 fully saturated rings. The molecule has 2 aliphatic heterocycles. The Hall–Kier alpha value is -1.27. The molecule has 2 heterocycles. The van der Waals surface area contributed by atoms with Crippen molar-refractivity contribution in [3.8, 4) is 0 Å². The summed E-state index contributed by atoms with van der Waals surface area (Å²) in [6, 6.07) is 9.08. The minimum Gasteiger partial charge on any atom is -0.274 e. The second-order valence-electron chi connectivity index (χ2n) is 4.21. The summed E-state index contributed by atoms with van der Waals surface area (Å²) in [6.45, 7) is 0.810. The standard InChI is InChI=1S/C13H12N2O2S2/c16-11-8-10(19-13-14-6-7-18-13)12(17)15(11)9-4-2-1-3-5-9/h1-5,10H,6-8H2/t10-/m1/s1. The lowest BCUT2D eigenvalue weighted by Gasteiger charge is -2.14. The van der Waals surface area contributed by atoms with Crippen molar-refractivity contribution in [3.05, 3.63) is 30.3 Å². The van der Waals surface area contributed by atoms with Crippen LogP contribution in [0, 0.1) is 0 Å². The summed E-state index contributed by atoms with van der Waals surface area (Å²) in [5.41, 5.74) is 0.654. The van der Waals surface area contributed by atoms with E-state index in [-0.39, 0.29) is 23.5 Å². The molecule has 0 aromatic heterocycles. The number of para-hydroxylation sites is 1. The molecule has 4 nitrogen and oxygen atoms in total. The highest BCUT2D eigenvalue weighted by Crippen LogP contribution is 2.34. The number of hydrogen-bond acceptors (Lipinski definition) is 5. The van der Waals surface area contributed by atoms with Gasteiger partial charge in [0.25, 0.3) is 0 Å². The van der Waals surface area contributed by atoms with E-state index in [1.807, 2.05) is 18.2 Å². The van der Waals surface area contributed by atoms with Crippen molar-refractivity contribution in [2.75, 3.05) is 17.2 Å². The number of hydrogen-bond donors (Lipinski definition) is 0. The Morgan fingerprint density at radius 1 is 1.26 bits per heavy atom. The quantitative estimate of drug-likeness (QED) is 0.784. The van der Waals surface area contributed by atoms with Gasteiger partial charge in [-0.3, -0.25) is 14.6 Å². The smallest absolute Gasteiger partial charge is 0.247 e. The van der Waals surface area contributed by atoms with Crippen molar-refractivity contribution in [2.24, 2.45) is 4.99 Å². The predicted molar refractivity (Wildman–Crippen MR) is 79.7 cm³/mol. The fourth-order valence-electron chi connectivity index (χ4n) is 2.05. The Balaban J connectivity index is 1.77. The van der Waals surface area contributed by atoms with Gasteiger partial charge in [0, 0.05) is 12.2 Å². The molecular formula is C13H12N2O2S2. The molecule has 0 bridgehead atoms. The highest BCUT2D eigenvalue weighted by Gasteiger charge is 2.40. The van der Waals surface area contributed by atoms with Crippen LogP contribution in [0.5, 0.6) is 0 Å². The number of carbonyl (C=O) groups is 2. The third kappa shape index (κ3) is 2.55. The first-order chi connectivity index (χ1) is 9.25. The molecule has 1 saturated heterocycles. The fourth-order valence-corrected chi connectivity index (χ4v) is 4.30. The van der Waals surface area contributed by atoms with Crippen molar-refractivity contribution in [1.82, 2.24) is 0 Å². The second-order valence-corrected chi connectivity index (χ2v) is 6.74. The first-order valence-corrected chi connectivity index (χ1v) is 7.88. The summed E-state index contributed by atoms with van der Waals surface area (Å²) in [5, 5.41) is -0.322. The normalized spacial score (nSPS) is 23.1. The van der Waals surface area contributed by atoms with Gasteiger partial charge in [0.05, 0.1) is 12.2 Å². The van der Waals surface area contributed by atoms with E-state index in [1.54, 1.807) is 23.9 Å². The van der Waals surface area contributed by atoms with Gasteiger partial charge < -0.3 is 0 Å². The maximum absolute atomic E-state index is 12.3. The second kappa shape index (κ2) is 5.38. The van der Waals surface area contributed by atoms with E-state index in [2.05, 4.69) is 4.99 Å². The SMILES string of the molecule is O=C1C[C@@H](SC2=NCCS2)C(=O)N1c1ccccc1. The summed E-state index contributed by atoms with van der Waals surface area (Å²) >= 11 is 3.09. The van der Waals surface area contributed by atoms with Gasteiger partial charge in [-0.2, -0.15) is 0 Å². The van der Waals surface area contributed by atoms with Gasteiger partial charge in [-0.25, -0.2) is 4.90 Å². The minimum atomic E-state index is -0.322. The van der Waals surface area contributed by atoms with Crippen molar-refractivity contribution < 1.29 is 9.59 Å². The van der Waals surface area contributed by atoms with Gasteiger partial charge in [0.2, 0.25) is 11.8 Å². The molecule has 0 saturated carbocycles. The molecule has 1 aromatic carbocycles. The van der Waals surface area contributed by atoms with Gasteiger partial charge in [-0.1, -0.05) is 41.7 Å². The van der Waals surface area contributed by atoms with E-state index in [0.29, 0.717) is 5.69 Å². The molecular weight excluding hydrogens is 280 g/mol. The van der Waals surface area contributed by atoms with Crippen LogP contribution in [0.4, 0.5) is 5.69 Å². The molecule has 0 radical (unpaired) electrons. The van der Waals surface area contributed by atoms with Crippen molar-refractivity contribution in [1.29, 1.82) is 0 Å². The highest BCUT2D eigenvalue weighted by molar-refractivity contribution is 8.39. The third-order valence-corrected chi connectivity index (χ3v) is 5.31. The van der Waals surface area contributed by atoms with Crippen molar-refractivity contribution in [3.63, 3.8) is 0 Å². The Bertz CT molecular complexity index is 545. The van der Waals surface area contributed by atoms with Gasteiger partial charge in [0.1, 0.15) is 9.63 Å². The number of imide groups is 1. The monoisotopic (exact) mass is 292 g/mol. The number of carbonyl (C=O) groups excluding carboxylic acids is 2. The number of rotatable bonds is 2. The zero-order valence-electron chi connectivity index (χ0n) is 10.1. The van der Waals surface area contributed by atoms with Gasteiger partial charge in [-0.05, 0) is 12.1 Å². The first-order valence-electron chi connectivity index (χ1n) is 6.01. The van der Waals surface area contributed by atoms with Crippen LogP contribution in [-0.4, -0.2) is 33.7 Å². The molecule has 19 heavy (non-hydrogen) atoms. The lowest BCUT2D eigenvalue weighted by Crippen LogP contribution is -2.31.